The van der Waals surface area contributed by atoms with Crippen LogP contribution in [0.1, 0.15) is 48.0 Å². The molecule has 4 aromatic rings. The summed E-state index contributed by atoms with van der Waals surface area (Å²) in [6.45, 7) is 4.01. The Morgan fingerprint density at radius 3 is 2.58 bits per heavy atom. The van der Waals surface area contributed by atoms with E-state index in [9.17, 15) is 10.1 Å². The minimum atomic E-state index is -0.783. The van der Waals surface area contributed by atoms with Crippen LogP contribution < -0.4 is 33.7 Å². The third-order valence-corrected chi connectivity index (χ3v) is 7.61. The number of nitriles is 1. The van der Waals surface area contributed by atoms with Crippen molar-refractivity contribution < 1.29 is 28.2 Å². The van der Waals surface area contributed by atoms with Gasteiger partial charge in [0, 0.05) is 0 Å². The van der Waals surface area contributed by atoms with E-state index >= 15 is 0 Å². The SMILES string of the molecule is CCCCc1nc(C)n(-c2ccc3c(c2)O[I-]O3)c(=O)c1Cc1ccc(-c2ccccc2C#N)cc1. The number of nitrogens with zero attached hydrogens (tertiary/aromatic N) is 3. The first-order valence-electron chi connectivity index (χ1n) is 11.9. The molecular weight excluding hydrogens is 565 g/mol. The van der Waals surface area contributed by atoms with E-state index in [0.717, 1.165) is 53.1 Å². The molecule has 0 unspecified atom stereocenters. The van der Waals surface area contributed by atoms with E-state index in [1.54, 1.807) is 4.57 Å². The number of aryl methyl sites for hydroxylation is 2. The van der Waals surface area contributed by atoms with Crippen molar-refractivity contribution in [2.75, 3.05) is 0 Å². The maximum atomic E-state index is 13.9. The second kappa shape index (κ2) is 10.5. The van der Waals surface area contributed by atoms with E-state index in [2.05, 4.69) is 13.0 Å². The van der Waals surface area contributed by atoms with E-state index < -0.39 is 22.0 Å². The fraction of sp³-hybridized carbons (Fsp3) is 0.207. The number of halogens is 1. The summed E-state index contributed by atoms with van der Waals surface area (Å²) in [6.07, 6.45) is 3.26. The first-order chi connectivity index (χ1) is 17.6. The molecule has 0 atom stereocenters. The van der Waals surface area contributed by atoms with Gasteiger partial charge in [0.1, 0.15) is 0 Å². The Hall–Kier alpha value is -3.64. The average molecular weight is 590 g/mol. The second-order valence-corrected chi connectivity index (χ2v) is 9.95. The van der Waals surface area contributed by atoms with E-state index in [0.29, 0.717) is 29.1 Å². The van der Waals surface area contributed by atoms with E-state index in [1.807, 2.05) is 73.7 Å². The van der Waals surface area contributed by atoms with Crippen molar-refractivity contribution in [1.82, 2.24) is 9.55 Å². The van der Waals surface area contributed by atoms with Crippen LogP contribution in [-0.4, -0.2) is 9.55 Å². The van der Waals surface area contributed by atoms with Gasteiger partial charge in [-0.2, -0.15) is 5.26 Å². The fourth-order valence-electron chi connectivity index (χ4n) is 4.43. The van der Waals surface area contributed by atoms with Crippen LogP contribution in [0.25, 0.3) is 16.8 Å². The maximum absolute atomic E-state index is 13.9. The second-order valence-electron chi connectivity index (χ2n) is 8.71. The molecule has 2 heterocycles. The van der Waals surface area contributed by atoms with Gasteiger partial charge in [0.15, 0.2) is 0 Å². The number of benzene rings is 3. The van der Waals surface area contributed by atoms with Gasteiger partial charge in [0.05, 0.1) is 11.6 Å². The van der Waals surface area contributed by atoms with E-state index in [1.165, 1.54) is 0 Å². The van der Waals surface area contributed by atoms with E-state index in [4.69, 9.17) is 11.1 Å². The summed E-state index contributed by atoms with van der Waals surface area (Å²) >= 11 is -0.783. The topological polar surface area (TPSA) is 77.1 Å². The fourth-order valence-corrected chi connectivity index (χ4v) is 5.62. The summed E-state index contributed by atoms with van der Waals surface area (Å²) in [5, 5.41) is 9.45. The third kappa shape index (κ3) is 4.73. The van der Waals surface area contributed by atoms with Crippen LogP contribution in [0.15, 0.2) is 71.5 Å². The van der Waals surface area contributed by atoms with Gasteiger partial charge in [-0.25, -0.2) is 0 Å². The molecule has 0 saturated heterocycles. The summed E-state index contributed by atoms with van der Waals surface area (Å²) in [4.78, 5) is 18.8. The van der Waals surface area contributed by atoms with Crippen LogP contribution >= 0.6 is 0 Å². The molecule has 182 valence electrons. The quantitative estimate of drug-likeness (QED) is 0.310. The zero-order valence-electron chi connectivity index (χ0n) is 20.1. The Balaban J connectivity index is 1.53. The monoisotopic (exact) mass is 590 g/mol. The number of aromatic nitrogens is 2. The number of hydrogen-bond donors (Lipinski definition) is 0. The Bertz CT molecular complexity index is 1520. The number of rotatable bonds is 7. The number of hydrogen-bond acceptors (Lipinski definition) is 5. The molecule has 0 bridgehead atoms. The summed E-state index contributed by atoms with van der Waals surface area (Å²) in [5.74, 6) is 2.06. The van der Waals surface area contributed by atoms with Gasteiger partial charge in [0.25, 0.3) is 0 Å². The van der Waals surface area contributed by atoms with Crippen molar-refractivity contribution in [1.29, 1.82) is 5.26 Å². The standard InChI is InChI=1S/C29H25IN3O3/c1-3-4-9-26-25(16-20-10-12-21(13-11-20)24-8-6-5-7-22(24)18-31)29(34)33(19(2)32-26)23-14-15-27-28(17-23)36-30-35-27/h5-8,10-15,17H,3-4,9,16H2,1-2H3/q-1. The van der Waals surface area contributed by atoms with Crippen molar-refractivity contribution in [2.24, 2.45) is 0 Å². The minimum absolute atomic E-state index is 0.0546. The summed E-state index contributed by atoms with van der Waals surface area (Å²) in [7, 11) is 0. The van der Waals surface area contributed by atoms with Crippen molar-refractivity contribution in [2.45, 2.75) is 39.5 Å². The molecule has 36 heavy (non-hydrogen) atoms. The Kier molecular flexibility index (Phi) is 7.05. The predicted molar refractivity (Wildman–Crippen MR) is 134 cm³/mol. The zero-order chi connectivity index (χ0) is 25.1. The van der Waals surface area contributed by atoms with Crippen LogP contribution in [0.4, 0.5) is 0 Å². The molecule has 5 rings (SSSR count). The molecular formula is C29H25IN3O3-. The van der Waals surface area contributed by atoms with Crippen LogP contribution in [0.3, 0.4) is 0 Å². The average Bonchev–Trinajstić information content (AvgIpc) is 3.38. The molecule has 0 aliphatic carbocycles. The molecule has 0 saturated carbocycles. The third-order valence-electron chi connectivity index (χ3n) is 6.31. The van der Waals surface area contributed by atoms with Crippen molar-refractivity contribution >= 4 is 0 Å². The molecule has 1 aliphatic rings. The van der Waals surface area contributed by atoms with Crippen molar-refractivity contribution in [3.8, 4) is 34.4 Å². The molecule has 0 radical (unpaired) electrons. The summed E-state index contributed by atoms with van der Waals surface area (Å²) in [6, 6.07) is 23.5. The first kappa shape index (κ1) is 24.1. The van der Waals surface area contributed by atoms with Gasteiger partial charge < -0.3 is 0 Å². The Morgan fingerprint density at radius 1 is 1.03 bits per heavy atom. The predicted octanol–water partition coefficient (Wildman–Crippen LogP) is 2.70. The Morgan fingerprint density at radius 2 is 1.81 bits per heavy atom. The van der Waals surface area contributed by atoms with Crippen LogP contribution in [-0.2, 0) is 12.8 Å². The van der Waals surface area contributed by atoms with Crippen LogP contribution in [0.2, 0.25) is 0 Å². The molecule has 1 aliphatic heterocycles. The normalized spacial score (nSPS) is 12.1. The van der Waals surface area contributed by atoms with Gasteiger partial charge in [-0.1, -0.05) is 18.2 Å². The molecule has 0 N–H and O–H groups in total. The van der Waals surface area contributed by atoms with Crippen LogP contribution in [0.5, 0.6) is 11.5 Å². The molecule has 1 aromatic heterocycles. The van der Waals surface area contributed by atoms with Gasteiger partial charge >= 0.3 is 175 Å². The molecule has 0 spiro atoms. The zero-order valence-corrected chi connectivity index (χ0v) is 22.3. The van der Waals surface area contributed by atoms with Gasteiger partial charge in [0.2, 0.25) is 0 Å². The van der Waals surface area contributed by atoms with Crippen LogP contribution in [0, 0.1) is 18.3 Å². The van der Waals surface area contributed by atoms with Crippen molar-refractivity contribution in [3.63, 3.8) is 0 Å². The van der Waals surface area contributed by atoms with Gasteiger partial charge in [-0.05, 0) is 11.6 Å². The summed E-state index contributed by atoms with van der Waals surface area (Å²) < 4.78 is 12.8. The van der Waals surface area contributed by atoms with Gasteiger partial charge in [-0.3, -0.25) is 0 Å². The van der Waals surface area contributed by atoms with Gasteiger partial charge in [-0.15, -0.1) is 0 Å². The number of fused-ring (bicyclic) bond motifs is 1. The van der Waals surface area contributed by atoms with E-state index in [-0.39, 0.29) is 5.56 Å². The number of unbranched alkanes of at least 4 members (excludes halogenated alkanes) is 1. The molecule has 6 nitrogen and oxygen atoms in total. The van der Waals surface area contributed by atoms with Crippen molar-refractivity contribution in [3.05, 3.63) is 105 Å². The molecule has 7 heteroatoms. The molecule has 0 fully saturated rings. The summed E-state index contributed by atoms with van der Waals surface area (Å²) in [5.41, 5.74) is 5.79. The molecule has 0 amide bonds. The Labute approximate surface area is 221 Å². The first-order valence-corrected chi connectivity index (χ1v) is 13.7. The molecule has 3 aromatic carbocycles.